The third kappa shape index (κ3) is 3.77. The minimum absolute atomic E-state index is 0.258. The lowest BCUT2D eigenvalue weighted by molar-refractivity contribution is -0.136. The van der Waals surface area contributed by atoms with Gasteiger partial charge in [-0.2, -0.15) is 0 Å². The number of nitrogens with one attached hydrogen (secondary N) is 1. The van der Waals surface area contributed by atoms with Gasteiger partial charge in [-0.05, 0) is 19.9 Å². The zero-order valence-corrected chi connectivity index (χ0v) is 11.6. The van der Waals surface area contributed by atoms with Crippen molar-refractivity contribution in [2.45, 2.75) is 32.9 Å². The molecule has 2 atom stereocenters. The Bertz CT molecular complexity index is 476. The third-order valence-corrected chi connectivity index (χ3v) is 3.07. The molecule has 0 aromatic heterocycles. The number of hydrogen-bond donors (Lipinski definition) is 1. The van der Waals surface area contributed by atoms with E-state index in [0.717, 1.165) is 0 Å². The molecule has 0 aliphatic rings. The van der Waals surface area contributed by atoms with E-state index >= 15 is 0 Å². The Morgan fingerprint density at radius 3 is 2.37 bits per heavy atom. The number of amides is 2. The molecule has 104 valence electrons. The predicted molar refractivity (Wildman–Crippen MR) is 70.9 cm³/mol. The van der Waals surface area contributed by atoms with E-state index in [4.69, 9.17) is 0 Å². The lowest BCUT2D eigenvalue weighted by Gasteiger charge is -2.28. The molecule has 1 rings (SSSR count). The Morgan fingerprint density at radius 2 is 1.84 bits per heavy atom. The largest absolute Gasteiger partial charge is 0.345 e. The molecule has 5 heteroatoms. The molecule has 19 heavy (non-hydrogen) atoms. The Morgan fingerprint density at radius 1 is 1.26 bits per heavy atom. The summed E-state index contributed by atoms with van der Waals surface area (Å²) in [6, 6.07) is 5.31. The van der Waals surface area contributed by atoms with Crippen LogP contribution in [0.25, 0.3) is 0 Å². The summed E-state index contributed by atoms with van der Waals surface area (Å²) >= 11 is 0. The van der Waals surface area contributed by atoms with Crippen molar-refractivity contribution in [1.29, 1.82) is 0 Å². The molecular formula is C14H19FN2O2. The molecule has 2 unspecified atom stereocenters. The zero-order valence-electron chi connectivity index (χ0n) is 11.6. The Labute approximate surface area is 112 Å². The summed E-state index contributed by atoms with van der Waals surface area (Å²) in [5.41, 5.74) is 0.452. The lowest BCUT2D eigenvalue weighted by atomic mass is 10.1. The summed E-state index contributed by atoms with van der Waals surface area (Å²) in [6.07, 6.45) is 0. The van der Waals surface area contributed by atoms with Crippen LogP contribution in [0.1, 0.15) is 32.4 Å². The molecule has 2 amide bonds. The van der Waals surface area contributed by atoms with Crippen LogP contribution >= 0.6 is 0 Å². The summed E-state index contributed by atoms with van der Waals surface area (Å²) in [4.78, 5) is 24.5. The van der Waals surface area contributed by atoms with Gasteiger partial charge in [0, 0.05) is 19.5 Å². The van der Waals surface area contributed by atoms with Gasteiger partial charge in [-0.1, -0.05) is 18.2 Å². The van der Waals surface area contributed by atoms with Crippen molar-refractivity contribution in [2.75, 3.05) is 7.05 Å². The second-order valence-corrected chi connectivity index (χ2v) is 4.57. The minimum atomic E-state index is -0.628. The van der Waals surface area contributed by atoms with E-state index in [2.05, 4.69) is 5.32 Å². The fraction of sp³-hybridized carbons (Fsp3) is 0.429. The van der Waals surface area contributed by atoms with Crippen LogP contribution in [-0.4, -0.2) is 29.8 Å². The first kappa shape index (κ1) is 15.1. The quantitative estimate of drug-likeness (QED) is 0.904. The van der Waals surface area contributed by atoms with Crippen molar-refractivity contribution in [3.8, 4) is 0 Å². The molecule has 0 saturated carbocycles. The molecule has 0 radical (unpaired) electrons. The smallest absolute Gasteiger partial charge is 0.245 e. The Hall–Kier alpha value is -1.91. The van der Waals surface area contributed by atoms with Gasteiger partial charge >= 0.3 is 0 Å². The van der Waals surface area contributed by atoms with Gasteiger partial charge in [-0.25, -0.2) is 4.39 Å². The van der Waals surface area contributed by atoms with Gasteiger partial charge in [0.25, 0.3) is 0 Å². The Kier molecular flexibility index (Phi) is 5.03. The first-order chi connectivity index (χ1) is 8.84. The average molecular weight is 266 g/mol. The SMILES string of the molecule is CC(=O)NC(C)C(=O)N(C)C(C)c1ccccc1F. The van der Waals surface area contributed by atoms with Crippen molar-refractivity contribution in [1.82, 2.24) is 10.2 Å². The fourth-order valence-electron chi connectivity index (χ4n) is 1.89. The van der Waals surface area contributed by atoms with Gasteiger partial charge in [0.15, 0.2) is 0 Å². The summed E-state index contributed by atoms with van der Waals surface area (Å²) in [5, 5.41) is 2.52. The van der Waals surface area contributed by atoms with Crippen LogP contribution in [0.15, 0.2) is 24.3 Å². The van der Waals surface area contributed by atoms with Gasteiger partial charge in [-0.15, -0.1) is 0 Å². The monoisotopic (exact) mass is 266 g/mol. The zero-order chi connectivity index (χ0) is 14.6. The van der Waals surface area contributed by atoms with Crippen molar-refractivity contribution in [3.05, 3.63) is 35.6 Å². The number of carbonyl (C=O) groups is 2. The van der Waals surface area contributed by atoms with Gasteiger partial charge < -0.3 is 10.2 Å². The van der Waals surface area contributed by atoms with E-state index in [1.807, 2.05) is 0 Å². The van der Waals surface area contributed by atoms with Gasteiger partial charge in [-0.3, -0.25) is 9.59 Å². The molecule has 1 N–H and O–H groups in total. The van der Waals surface area contributed by atoms with Crippen LogP contribution in [0.4, 0.5) is 4.39 Å². The topological polar surface area (TPSA) is 49.4 Å². The van der Waals surface area contributed by atoms with E-state index in [1.54, 1.807) is 39.1 Å². The number of rotatable bonds is 4. The van der Waals surface area contributed by atoms with Crippen LogP contribution in [-0.2, 0) is 9.59 Å². The molecule has 0 aliphatic heterocycles. The molecule has 4 nitrogen and oxygen atoms in total. The highest BCUT2D eigenvalue weighted by atomic mass is 19.1. The summed E-state index contributed by atoms with van der Waals surface area (Å²) in [5.74, 6) is -0.874. The second-order valence-electron chi connectivity index (χ2n) is 4.57. The molecule has 1 aromatic rings. The van der Waals surface area contributed by atoms with Gasteiger partial charge in [0.05, 0.1) is 6.04 Å². The molecule has 0 bridgehead atoms. The first-order valence-corrected chi connectivity index (χ1v) is 6.12. The van der Waals surface area contributed by atoms with Crippen molar-refractivity contribution >= 4 is 11.8 Å². The number of halogens is 1. The second kappa shape index (κ2) is 6.31. The van der Waals surface area contributed by atoms with Crippen molar-refractivity contribution < 1.29 is 14.0 Å². The predicted octanol–water partition coefficient (Wildman–Crippen LogP) is 1.87. The molecular weight excluding hydrogens is 247 g/mol. The average Bonchev–Trinajstić information content (AvgIpc) is 2.36. The number of likely N-dealkylation sites (N-methyl/N-ethyl adjacent to an activating group) is 1. The maximum Gasteiger partial charge on any atom is 0.245 e. The molecule has 1 aromatic carbocycles. The molecule has 0 heterocycles. The minimum Gasteiger partial charge on any atom is -0.345 e. The molecule has 0 aliphatic carbocycles. The first-order valence-electron chi connectivity index (χ1n) is 6.12. The van der Waals surface area contributed by atoms with Crippen LogP contribution < -0.4 is 5.32 Å². The van der Waals surface area contributed by atoms with Gasteiger partial charge in [0.1, 0.15) is 11.9 Å². The van der Waals surface area contributed by atoms with Crippen LogP contribution in [0.5, 0.6) is 0 Å². The highest BCUT2D eigenvalue weighted by Crippen LogP contribution is 2.21. The summed E-state index contributed by atoms with van der Waals surface area (Å²) in [6.45, 7) is 4.70. The maximum atomic E-state index is 13.7. The van der Waals surface area contributed by atoms with E-state index < -0.39 is 12.1 Å². The highest BCUT2D eigenvalue weighted by Gasteiger charge is 2.24. The lowest BCUT2D eigenvalue weighted by Crippen LogP contribution is -2.45. The molecule has 0 saturated heterocycles. The van der Waals surface area contributed by atoms with E-state index in [1.165, 1.54) is 17.9 Å². The number of carbonyl (C=O) groups excluding carboxylic acids is 2. The third-order valence-electron chi connectivity index (χ3n) is 3.07. The highest BCUT2D eigenvalue weighted by molar-refractivity contribution is 5.86. The fourth-order valence-corrected chi connectivity index (χ4v) is 1.89. The van der Waals surface area contributed by atoms with Crippen molar-refractivity contribution in [2.24, 2.45) is 0 Å². The summed E-state index contributed by atoms with van der Waals surface area (Å²) < 4.78 is 13.7. The van der Waals surface area contributed by atoms with Crippen LogP contribution in [0.2, 0.25) is 0 Å². The summed E-state index contributed by atoms with van der Waals surface area (Å²) in [7, 11) is 1.59. The van der Waals surface area contributed by atoms with Crippen LogP contribution in [0.3, 0.4) is 0 Å². The van der Waals surface area contributed by atoms with Crippen LogP contribution in [0, 0.1) is 5.82 Å². The molecule has 0 fully saturated rings. The molecule has 0 spiro atoms. The standard InChI is InChI=1S/C14H19FN2O2/c1-9(16-11(3)18)14(19)17(4)10(2)12-7-5-6-8-13(12)15/h5-10H,1-4H3,(H,16,18). The van der Waals surface area contributed by atoms with E-state index in [0.29, 0.717) is 5.56 Å². The normalized spacial score (nSPS) is 13.5. The number of hydrogen-bond acceptors (Lipinski definition) is 2. The number of benzene rings is 1. The number of nitrogens with zero attached hydrogens (tertiary/aromatic N) is 1. The van der Waals surface area contributed by atoms with Crippen molar-refractivity contribution in [3.63, 3.8) is 0 Å². The maximum absolute atomic E-state index is 13.7. The van der Waals surface area contributed by atoms with Gasteiger partial charge in [0.2, 0.25) is 11.8 Å². The van der Waals surface area contributed by atoms with E-state index in [-0.39, 0.29) is 17.6 Å². The van der Waals surface area contributed by atoms with E-state index in [9.17, 15) is 14.0 Å². The Balaban J connectivity index is 2.82.